The van der Waals surface area contributed by atoms with Crippen LogP contribution in [0, 0.1) is 0 Å². The van der Waals surface area contributed by atoms with Crippen LogP contribution in [0.15, 0.2) is 93.9 Å². The maximum absolute atomic E-state index is 12.5. The van der Waals surface area contributed by atoms with Gasteiger partial charge < -0.3 is 9.64 Å². The van der Waals surface area contributed by atoms with Crippen LogP contribution in [0.4, 0.5) is 10.5 Å². The highest BCUT2D eigenvalue weighted by atomic mass is 32.2. The summed E-state index contributed by atoms with van der Waals surface area (Å²) in [5, 5.41) is 6.66. The number of hydrogen-bond donors (Lipinski definition) is 0. The van der Waals surface area contributed by atoms with Crippen molar-refractivity contribution >= 4 is 40.3 Å². The van der Waals surface area contributed by atoms with Crippen LogP contribution in [-0.2, 0) is 0 Å². The zero-order chi connectivity index (χ0) is 24.4. The molecule has 1 unspecified atom stereocenters. The molecule has 3 aromatic carbocycles. The van der Waals surface area contributed by atoms with Crippen molar-refractivity contribution < 1.29 is 9.53 Å². The van der Waals surface area contributed by atoms with Gasteiger partial charge in [0.2, 0.25) is 0 Å². The Morgan fingerprint density at radius 2 is 1.71 bits per heavy atom. The molecule has 2 heterocycles. The van der Waals surface area contributed by atoms with E-state index in [1.807, 2.05) is 79.8 Å². The van der Waals surface area contributed by atoms with Gasteiger partial charge in [-0.2, -0.15) is 10.1 Å². The van der Waals surface area contributed by atoms with Crippen LogP contribution < -0.4 is 9.64 Å². The van der Waals surface area contributed by atoms with E-state index >= 15 is 0 Å². The third kappa shape index (κ3) is 4.86. The van der Waals surface area contributed by atoms with Crippen LogP contribution >= 0.6 is 11.8 Å². The molecule has 5 rings (SSSR count). The van der Waals surface area contributed by atoms with Crippen LogP contribution in [0.1, 0.15) is 29.2 Å². The van der Waals surface area contributed by atoms with E-state index in [1.54, 1.807) is 7.11 Å². The van der Waals surface area contributed by atoms with E-state index in [0.29, 0.717) is 12.3 Å². The van der Waals surface area contributed by atoms with Crippen LogP contribution in [0.5, 0.6) is 5.75 Å². The minimum atomic E-state index is -0.229. The Bertz CT molecular complexity index is 1310. The molecule has 35 heavy (non-hydrogen) atoms. The number of ether oxygens (including phenoxy) is 1. The van der Waals surface area contributed by atoms with Gasteiger partial charge in [-0.05, 0) is 58.8 Å². The number of rotatable bonds is 5. The van der Waals surface area contributed by atoms with Gasteiger partial charge in [-0.3, -0.25) is 4.79 Å². The molecule has 7 heteroatoms. The number of nitrogens with zero attached hydrogens (tertiary/aromatic N) is 4. The summed E-state index contributed by atoms with van der Waals surface area (Å²) in [6.45, 7) is 0. The number of amides is 1. The van der Waals surface area contributed by atoms with E-state index in [1.165, 1.54) is 0 Å². The first-order valence-corrected chi connectivity index (χ1v) is 12.2. The first-order chi connectivity index (χ1) is 17.0. The molecule has 0 N–H and O–H groups in total. The molecule has 0 aliphatic carbocycles. The summed E-state index contributed by atoms with van der Waals surface area (Å²) in [5.41, 5.74) is 5.24. The highest BCUT2D eigenvalue weighted by molar-refractivity contribution is 8.18. The number of methoxy groups -OCH3 is 1. The third-order valence-corrected chi connectivity index (χ3v) is 6.84. The van der Waals surface area contributed by atoms with E-state index < -0.39 is 0 Å². The van der Waals surface area contributed by atoms with E-state index in [0.717, 1.165) is 50.5 Å². The standard InChI is InChI=1S/C28H26N4O2S/c1-31(2)22-13-9-19(10-14-22)17-26-27(29-28(33)35-26)32-25(21-11-15-23(34-3)16-12-21)18-24(30-32)20-7-5-4-6-8-20/h4-17,25H,18H2,1-3H3/b26-17-. The van der Waals surface area contributed by atoms with E-state index in [-0.39, 0.29) is 11.3 Å². The molecule has 6 nitrogen and oxygen atoms in total. The molecule has 2 aliphatic heterocycles. The van der Waals surface area contributed by atoms with E-state index in [9.17, 15) is 4.79 Å². The summed E-state index contributed by atoms with van der Waals surface area (Å²) in [6, 6.07) is 26.3. The Balaban J connectivity index is 1.53. The Morgan fingerprint density at radius 1 is 1.00 bits per heavy atom. The second kappa shape index (κ2) is 9.80. The molecule has 0 spiro atoms. The Labute approximate surface area is 209 Å². The summed E-state index contributed by atoms with van der Waals surface area (Å²) in [7, 11) is 5.68. The summed E-state index contributed by atoms with van der Waals surface area (Å²) >= 11 is 1.14. The molecular formula is C28H26N4O2S. The lowest BCUT2D eigenvalue weighted by Crippen LogP contribution is -2.26. The van der Waals surface area contributed by atoms with Gasteiger partial charge in [0.25, 0.3) is 0 Å². The number of hydrazone groups is 1. The van der Waals surface area contributed by atoms with E-state index in [4.69, 9.17) is 9.84 Å². The number of anilines is 1. The Kier molecular flexibility index (Phi) is 6.42. The van der Waals surface area contributed by atoms with Gasteiger partial charge >= 0.3 is 5.24 Å². The highest BCUT2D eigenvalue weighted by Crippen LogP contribution is 2.40. The maximum Gasteiger partial charge on any atom is 0.311 e. The van der Waals surface area contributed by atoms with Crippen molar-refractivity contribution in [3.05, 3.63) is 100 Å². The number of hydrogen-bond acceptors (Lipinski definition) is 6. The van der Waals surface area contributed by atoms with Crippen LogP contribution in [0.3, 0.4) is 0 Å². The molecule has 0 radical (unpaired) electrons. The molecule has 176 valence electrons. The molecule has 2 aliphatic rings. The number of carbonyl (C=O) groups excluding carboxylic acids is 1. The molecular weight excluding hydrogens is 456 g/mol. The fourth-order valence-corrected chi connectivity index (χ4v) is 4.92. The maximum atomic E-state index is 12.5. The van der Waals surface area contributed by atoms with Crippen LogP contribution in [0.25, 0.3) is 6.08 Å². The number of aliphatic imine (C=N–C) groups is 1. The first-order valence-electron chi connectivity index (χ1n) is 11.4. The second-order valence-electron chi connectivity index (χ2n) is 8.55. The Hall–Kier alpha value is -3.84. The number of amidine groups is 1. The van der Waals surface area contributed by atoms with E-state index in [2.05, 4.69) is 34.2 Å². The van der Waals surface area contributed by atoms with Gasteiger partial charge in [0.05, 0.1) is 23.8 Å². The highest BCUT2D eigenvalue weighted by Gasteiger charge is 2.36. The fourth-order valence-electron chi connectivity index (χ4n) is 4.18. The van der Waals surface area contributed by atoms with Gasteiger partial charge in [0.1, 0.15) is 5.75 Å². The fraction of sp³-hybridized carbons (Fsp3) is 0.179. The predicted octanol–water partition coefficient (Wildman–Crippen LogP) is 6.22. The quantitative estimate of drug-likeness (QED) is 0.432. The van der Waals surface area contributed by atoms with Gasteiger partial charge in [0.15, 0.2) is 5.84 Å². The zero-order valence-corrected chi connectivity index (χ0v) is 20.7. The lowest BCUT2D eigenvalue weighted by molar-refractivity contribution is 0.267. The minimum Gasteiger partial charge on any atom is -0.497 e. The lowest BCUT2D eigenvalue weighted by atomic mass is 9.98. The predicted molar refractivity (Wildman–Crippen MR) is 144 cm³/mol. The van der Waals surface area contributed by atoms with Crippen molar-refractivity contribution in [1.29, 1.82) is 0 Å². The normalized spacial score (nSPS) is 18.6. The number of thioether (sulfide) groups is 1. The average Bonchev–Trinajstić information content (AvgIpc) is 3.48. The van der Waals surface area contributed by atoms with Gasteiger partial charge in [-0.1, -0.05) is 54.6 Å². The summed E-state index contributed by atoms with van der Waals surface area (Å²) in [4.78, 5) is 19.7. The first kappa shape index (κ1) is 22.9. The topological polar surface area (TPSA) is 57.5 Å². The van der Waals surface area contributed by atoms with Crippen LogP contribution in [-0.4, -0.2) is 43.0 Å². The summed E-state index contributed by atoms with van der Waals surface area (Å²) in [6.07, 6.45) is 2.72. The van der Waals surface area contributed by atoms with Gasteiger partial charge in [-0.25, -0.2) is 5.01 Å². The largest absolute Gasteiger partial charge is 0.497 e. The molecule has 0 bridgehead atoms. The summed E-state index contributed by atoms with van der Waals surface area (Å²) < 4.78 is 5.34. The van der Waals surface area contributed by atoms with Gasteiger partial charge in [0, 0.05) is 26.2 Å². The monoisotopic (exact) mass is 482 g/mol. The van der Waals surface area contributed by atoms with Gasteiger partial charge in [-0.15, -0.1) is 0 Å². The molecule has 0 saturated heterocycles. The Morgan fingerprint density at radius 3 is 2.37 bits per heavy atom. The lowest BCUT2D eigenvalue weighted by Gasteiger charge is -2.24. The molecule has 0 aromatic heterocycles. The molecule has 1 atom stereocenters. The van der Waals surface area contributed by atoms with Crippen molar-refractivity contribution in [2.24, 2.45) is 10.1 Å². The summed E-state index contributed by atoms with van der Waals surface area (Å²) in [5.74, 6) is 1.39. The molecule has 1 amide bonds. The van der Waals surface area contributed by atoms with Crippen molar-refractivity contribution in [3.63, 3.8) is 0 Å². The third-order valence-electron chi connectivity index (χ3n) is 6.06. The minimum absolute atomic E-state index is 0.0825. The SMILES string of the molecule is COc1ccc(C2CC(c3ccccc3)=NN2C2=NC(=O)S/C2=C\c2ccc(N(C)C)cc2)cc1. The number of carbonyl (C=O) groups is 1. The van der Waals surface area contributed by atoms with Crippen LogP contribution in [0.2, 0.25) is 0 Å². The molecule has 0 fully saturated rings. The smallest absolute Gasteiger partial charge is 0.311 e. The average molecular weight is 483 g/mol. The zero-order valence-electron chi connectivity index (χ0n) is 19.9. The molecule has 3 aromatic rings. The van der Waals surface area contributed by atoms with Crippen molar-refractivity contribution in [2.45, 2.75) is 12.5 Å². The van der Waals surface area contributed by atoms with Crippen molar-refractivity contribution in [1.82, 2.24) is 5.01 Å². The molecule has 0 saturated carbocycles. The number of benzene rings is 3. The van der Waals surface area contributed by atoms with Crippen molar-refractivity contribution in [3.8, 4) is 5.75 Å². The van der Waals surface area contributed by atoms with Crippen molar-refractivity contribution in [2.75, 3.05) is 26.1 Å². The second-order valence-corrected chi connectivity index (χ2v) is 9.54.